The summed E-state index contributed by atoms with van der Waals surface area (Å²) in [7, 11) is 3.02. The molecule has 0 atom stereocenters. The fraction of sp³-hybridized carbons (Fsp3) is 0.231. The van der Waals surface area contributed by atoms with Crippen LogP contribution in [0, 0.1) is 6.92 Å². The number of aromatic carboxylic acids is 1. The predicted molar refractivity (Wildman–Crippen MR) is 66.7 cm³/mol. The zero-order valence-electron chi connectivity index (χ0n) is 10.8. The monoisotopic (exact) mass is 263 g/mol. The second-order valence-electron chi connectivity index (χ2n) is 3.78. The van der Waals surface area contributed by atoms with E-state index in [4.69, 9.17) is 19.0 Å². The maximum atomic E-state index is 11.2. The molecule has 6 nitrogen and oxygen atoms in total. The Labute approximate surface area is 109 Å². The quantitative estimate of drug-likeness (QED) is 0.911. The average molecular weight is 263 g/mol. The van der Waals surface area contributed by atoms with Gasteiger partial charge in [-0.05, 0) is 18.2 Å². The number of oxazole rings is 1. The van der Waals surface area contributed by atoms with Crippen LogP contribution >= 0.6 is 0 Å². The molecule has 0 amide bonds. The molecule has 1 heterocycles. The molecular weight excluding hydrogens is 250 g/mol. The van der Waals surface area contributed by atoms with Crippen LogP contribution in [0.1, 0.15) is 16.4 Å². The summed E-state index contributed by atoms with van der Waals surface area (Å²) < 4.78 is 15.4. The van der Waals surface area contributed by atoms with E-state index in [1.807, 2.05) is 0 Å². The number of rotatable bonds is 4. The van der Waals surface area contributed by atoms with E-state index in [0.29, 0.717) is 17.1 Å². The molecule has 100 valence electrons. The van der Waals surface area contributed by atoms with Gasteiger partial charge in [0.1, 0.15) is 17.2 Å². The summed E-state index contributed by atoms with van der Waals surface area (Å²) in [6.45, 7) is 1.59. The lowest BCUT2D eigenvalue weighted by molar-refractivity contribution is 0.0662. The molecule has 0 saturated carbocycles. The van der Waals surface area contributed by atoms with Gasteiger partial charge in [0, 0.05) is 6.92 Å². The average Bonchev–Trinajstić information content (AvgIpc) is 2.80. The first-order chi connectivity index (χ1) is 9.06. The van der Waals surface area contributed by atoms with E-state index in [1.54, 1.807) is 25.1 Å². The Balaban J connectivity index is 2.66. The van der Waals surface area contributed by atoms with Gasteiger partial charge in [-0.1, -0.05) is 0 Å². The Hall–Kier alpha value is -2.50. The van der Waals surface area contributed by atoms with Gasteiger partial charge in [-0.25, -0.2) is 9.78 Å². The third-order valence-corrected chi connectivity index (χ3v) is 2.59. The first-order valence-corrected chi connectivity index (χ1v) is 5.50. The maximum absolute atomic E-state index is 11.2. The van der Waals surface area contributed by atoms with E-state index in [1.165, 1.54) is 14.2 Å². The predicted octanol–water partition coefficient (Wildman–Crippen LogP) is 2.37. The van der Waals surface area contributed by atoms with Crippen LogP contribution in [0.2, 0.25) is 0 Å². The molecule has 0 spiro atoms. The van der Waals surface area contributed by atoms with Gasteiger partial charge >= 0.3 is 5.97 Å². The summed E-state index contributed by atoms with van der Waals surface area (Å²) in [6.07, 6.45) is 0. The summed E-state index contributed by atoms with van der Waals surface area (Å²) in [5, 5.41) is 9.12. The molecule has 0 aliphatic rings. The molecule has 1 N–H and O–H groups in total. The van der Waals surface area contributed by atoms with Crippen LogP contribution in [-0.2, 0) is 0 Å². The fourth-order valence-corrected chi connectivity index (χ4v) is 1.75. The van der Waals surface area contributed by atoms with Crippen molar-refractivity contribution in [1.29, 1.82) is 0 Å². The number of benzene rings is 1. The minimum absolute atomic E-state index is 0.218. The second-order valence-corrected chi connectivity index (χ2v) is 3.78. The summed E-state index contributed by atoms with van der Waals surface area (Å²) in [5.41, 5.74) is 0.733. The Morgan fingerprint density at radius 3 is 2.63 bits per heavy atom. The number of nitrogens with zero attached hydrogens (tertiary/aromatic N) is 1. The minimum atomic E-state index is -1.18. The Kier molecular flexibility index (Phi) is 3.41. The van der Waals surface area contributed by atoms with Crippen LogP contribution in [0.3, 0.4) is 0 Å². The fourth-order valence-electron chi connectivity index (χ4n) is 1.75. The number of carboxylic acid groups (broad SMARTS) is 1. The van der Waals surface area contributed by atoms with Crippen LogP contribution in [0.15, 0.2) is 22.6 Å². The molecule has 0 unspecified atom stereocenters. The van der Waals surface area contributed by atoms with E-state index in [9.17, 15) is 4.79 Å². The first kappa shape index (κ1) is 12.9. The number of methoxy groups -OCH3 is 2. The SMILES string of the molecule is COc1ccc(OC)c(-c2nc(C)oc2C(=O)O)c1. The summed E-state index contributed by atoms with van der Waals surface area (Å²) in [5.74, 6) is -0.0498. The van der Waals surface area contributed by atoms with Crippen LogP contribution in [0.25, 0.3) is 11.3 Å². The molecule has 0 fully saturated rings. The van der Waals surface area contributed by atoms with Crippen LogP contribution in [0.4, 0.5) is 0 Å². The van der Waals surface area contributed by atoms with Gasteiger partial charge in [-0.3, -0.25) is 0 Å². The first-order valence-electron chi connectivity index (χ1n) is 5.50. The van der Waals surface area contributed by atoms with Crippen molar-refractivity contribution >= 4 is 5.97 Å². The van der Waals surface area contributed by atoms with E-state index >= 15 is 0 Å². The van der Waals surface area contributed by atoms with Crippen molar-refractivity contribution in [2.75, 3.05) is 14.2 Å². The number of hydrogen-bond donors (Lipinski definition) is 1. The van der Waals surface area contributed by atoms with Crippen molar-refractivity contribution in [3.63, 3.8) is 0 Å². The van der Waals surface area contributed by atoms with Gasteiger partial charge < -0.3 is 19.0 Å². The number of aryl methyl sites for hydroxylation is 1. The highest BCUT2D eigenvalue weighted by Gasteiger charge is 2.22. The number of aromatic nitrogens is 1. The highest BCUT2D eigenvalue weighted by Crippen LogP contribution is 2.35. The van der Waals surface area contributed by atoms with Crippen molar-refractivity contribution in [3.8, 4) is 22.8 Å². The molecule has 6 heteroatoms. The lowest BCUT2D eigenvalue weighted by atomic mass is 10.1. The van der Waals surface area contributed by atoms with Crippen molar-refractivity contribution in [3.05, 3.63) is 29.9 Å². The van der Waals surface area contributed by atoms with Crippen LogP contribution in [0.5, 0.6) is 11.5 Å². The standard InChI is InChI=1S/C13H13NO5/c1-7-14-11(12(19-7)13(15)16)9-6-8(17-2)4-5-10(9)18-3/h4-6H,1-3H3,(H,15,16). The lowest BCUT2D eigenvalue weighted by Crippen LogP contribution is -1.98. The van der Waals surface area contributed by atoms with Gasteiger partial charge in [0.25, 0.3) is 0 Å². The highest BCUT2D eigenvalue weighted by molar-refractivity contribution is 5.93. The van der Waals surface area contributed by atoms with Crippen molar-refractivity contribution in [1.82, 2.24) is 4.98 Å². The van der Waals surface area contributed by atoms with E-state index < -0.39 is 5.97 Å². The number of carbonyl (C=O) groups is 1. The molecule has 0 bridgehead atoms. The van der Waals surface area contributed by atoms with Gasteiger partial charge in [-0.2, -0.15) is 0 Å². The van der Waals surface area contributed by atoms with E-state index in [2.05, 4.69) is 4.98 Å². The molecule has 2 rings (SSSR count). The molecular formula is C13H13NO5. The van der Waals surface area contributed by atoms with Crippen LogP contribution in [-0.4, -0.2) is 30.3 Å². The van der Waals surface area contributed by atoms with E-state index in [-0.39, 0.29) is 17.3 Å². The zero-order chi connectivity index (χ0) is 14.0. The number of carboxylic acids is 1. The van der Waals surface area contributed by atoms with Gasteiger partial charge in [-0.15, -0.1) is 0 Å². The molecule has 19 heavy (non-hydrogen) atoms. The van der Waals surface area contributed by atoms with E-state index in [0.717, 1.165) is 0 Å². The molecule has 1 aromatic heterocycles. The normalized spacial score (nSPS) is 10.3. The third-order valence-electron chi connectivity index (χ3n) is 2.59. The molecule has 0 saturated heterocycles. The van der Waals surface area contributed by atoms with Gasteiger partial charge in [0.15, 0.2) is 5.89 Å². The summed E-state index contributed by atoms with van der Waals surface area (Å²) in [6, 6.07) is 5.06. The summed E-state index contributed by atoms with van der Waals surface area (Å²) in [4.78, 5) is 15.3. The largest absolute Gasteiger partial charge is 0.497 e. The van der Waals surface area contributed by atoms with Crippen molar-refractivity contribution in [2.24, 2.45) is 0 Å². The second kappa shape index (κ2) is 5.01. The molecule has 0 aliphatic carbocycles. The smallest absolute Gasteiger partial charge is 0.374 e. The Morgan fingerprint density at radius 2 is 2.05 bits per heavy atom. The molecule has 0 aliphatic heterocycles. The lowest BCUT2D eigenvalue weighted by Gasteiger charge is -2.08. The number of ether oxygens (including phenoxy) is 2. The number of hydrogen-bond acceptors (Lipinski definition) is 5. The van der Waals surface area contributed by atoms with Crippen LogP contribution < -0.4 is 9.47 Å². The Morgan fingerprint density at radius 1 is 1.32 bits per heavy atom. The topological polar surface area (TPSA) is 81.8 Å². The summed E-state index contributed by atoms with van der Waals surface area (Å²) >= 11 is 0. The van der Waals surface area contributed by atoms with Gasteiger partial charge in [0.05, 0.1) is 19.8 Å². The van der Waals surface area contributed by atoms with Crippen molar-refractivity contribution < 1.29 is 23.8 Å². The Bertz CT molecular complexity index is 617. The molecule has 1 aromatic carbocycles. The minimum Gasteiger partial charge on any atom is -0.497 e. The van der Waals surface area contributed by atoms with Gasteiger partial charge in [0.2, 0.25) is 5.76 Å². The maximum Gasteiger partial charge on any atom is 0.374 e. The van der Waals surface area contributed by atoms with Crippen molar-refractivity contribution in [2.45, 2.75) is 6.92 Å². The third kappa shape index (κ3) is 2.37. The molecule has 0 radical (unpaired) electrons. The highest BCUT2D eigenvalue weighted by atomic mass is 16.5. The zero-order valence-corrected chi connectivity index (χ0v) is 10.8. The molecule has 2 aromatic rings.